The maximum atomic E-state index is 10.5. The van der Waals surface area contributed by atoms with Gasteiger partial charge in [0.25, 0.3) is 0 Å². The average Bonchev–Trinajstić information content (AvgIpc) is 1.99. The highest BCUT2D eigenvalue weighted by atomic mass is 16.5. The third-order valence-corrected chi connectivity index (χ3v) is 1.18. The van der Waals surface area contributed by atoms with Gasteiger partial charge in [-0.15, -0.1) is 0 Å². The topological polar surface area (TPSA) is 72.5 Å². The molecule has 0 aliphatic heterocycles. The van der Waals surface area contributed by atoms with Crippen LogP contribution >= 0.6 is 0 Å². The quantitative estimate of drug-likeness (QED) is 0.514. The van der Waals surface area contributed by atoms with Crippen molar-refractivity contribution in [3.05, 3.63) is 0 Å². The molecule has 0 aliphatic carbocycles. The third kappa shape index (κ3) is 4.29. The van der Waals surface area contributed by atoms with Gasteiger partial charge >= 0.3 is 5.97 Å². The van der Waals surface area contributed by atoms with Crippen molar-refractivity contribution in [2.45, 2.75) is 18.9 Å². The summed E-state index contributed by atoms with van der Waals surface area (Å²) in [6, 6.07) is -0.306. The predicted octanol–water partition coefficient (Wildman–Crippen LogP) is -0.741. The number of rotatable bonds is 4. The van der Waals surface area contributed by atoms with Gasteiger partial charge < -0.3 is 15.6 Å². The molecule has 0 heterocycles. The lowest BCUT2D eigenvalue weighted by Gasteiger charge is -2.04. The maximum absolute atomic E-state index is 10.5. The van der Waals surface area contributed by atoms with Crippen LogP contribution in [0.3, 0.4) is 0 Å². The van der Waals surface area contributed by atoms with Crippen LogP contribution in [-0.4, -0.2) is 30.8 Å². The van der Waals surface area contributed by atoms with Crippen LogP contribution in [0.2, 0.25) is 0 Å². The van der Waals surface area contributed by atoms with Gasteiger partial charge in [-0.25, -0.2) is 0 Å². The molecule has 1 atom stereocenters. The van der Waals surface area contributed by atoms with Crippen LogP contribution in [0.15, 0.2) is 0 Å². The Morgan fingerprint density at radius 2 is 2.40 bits per heavy atom. The minimum absolute atomic E-state index is 0.0863. The van der Waals surface area contributed by atoms with E-state index in [1.165, 1.54) is 7.11 Å². The fraction of sp³-hybridized carbons (Fsp3) is 0.833. The fourth-order valence-corrected chi connectivity index (χ4v) is 0.497. The monoisotopic (exact) mass is 147 g/mol. The summed E-state index contributed by atoms with van der Waals surface area (Å²) < 4.78 is 4.37. The molecular weight excluding hydrogens is 134 g/mol. The molecule has 0 bridgehead atoms. The zero-order valence-electron chi connectivity index (χ0n) is 6.04. The number of hydrogen-bond acceptors (Lipinski definition) is 4. The number of esters is 1. The number of methoxy groups -OCH3 is 1. The van der Waals surface area contributed by atoms with Crippen LogP contribution in [0.1, 0.15) is 12.8 Å². The van der Waals surface area contributed by atoms with Crippen molar-refractivity contribution >= 4 is 5.97 Å². The zero-order chi connectivity index (χ0) is 7.98. The smallest absolute Gasteiger partial charge is 0.305 e. The number of aliphatic hydroxyl groups is 1. The summed E-state index contributed by atoms with van der Waals surface area (Å²) in [4.78, 5) is 10.5. The lowest BCUT2D eigenvalue weighted by atomic mass is 10.2. The number of aliphatic hydroxyl groups excluding tert-OH is 1. The number of hydrogen-bond donors (Lipinski definition) is 2. The second-order valence-corrected chi connectivity index (χ2v) is 2.06. The lowest BCUT2D eigenvalue weighted by Crippen LogP contribution is -2.25. The van der Waals surface area contributed by atoms with E-state index in [2.05, 4.69) is 4.74 Å². The second kappa shape index (κ2) is 5.20. The molecule has 4 heteroatoms. The first-order valence-corrected chi connectivity index (χ1v) is 3.14. The van der Waals surface area contributed by atoms with Crippen molar-refractivity contribution in [3.63, 3.8) is 0 Å². The van der Waals surface area contributed by atoms with Crippen LogP contribution in [0, 0.1) is 0 Å². The Morgan fingerprint density at radius 3 is 2.80 bits per heavy atom. The highest BCUT2D eigenvalue weighted by Gasteiger charge is 2.04. The number of nitrogens with two attached hydrogens (primary N) is 1. The van der Waals surface area contributed by atoms with Crippen molar-refractivity contribution in [3.8, 4) is 0 Å². The SMILES string of the molecule is COC(=O)CC[C@H](N)CO. The molecule has 0 spiro atoms. The molecule has 0 amide bonds. The molecule has 3 N–H and O–H groups in total. The maximum Gasteiger partial charge on any atom is 0.305 e. The van der Waals surface area contributed by atoms with Gasteiger partial charge in [0, 0.05) is 12.5 Å². The van der Waals surface area contributed by atoms with Crippen LogP contribution in [0.25, 0.3) is 0 Å². The van der Waals surface area contributed by atoms with Gasteiger partial charge in [-0.1, -0.05) is 0 Å². The molecule has 0 unspecified atom stereocenters. The normalized spacial score (nSPS) is 12.7. The summed E-state index contributed by atoms with van der Waals surface area (Å²) >= 11 is 0. The molecule has 0 saturated heterocycles. The second-order valence-electron chi connectivity index (χ2n) is 2.06. The molecule has 0 aromatic carbocycles. The Labute approximate surface area is 60.0 Å². The molecule has 0 radical (unpaired) electrons. The summed E-state index contributed by atoms with van der Waals surface area (Å²) in [6.07, 6.45) is 0.751. The van der Waals surface area contributed by atoms with Gasteiger partial charge in [-0.2, -0.15) is 0 Å². The number of carbonyl (C=O) groups is 1. The van der Waals surface area contributed by atoms with Crippen LogP contribution in [0.4, 0.5) is 0 Å². The van der Waals surface area contributed by atoms with Gasteiger partial charge in [0.05, 0.1) is 13.7 Å². The van der Waals surface area contributed by atoms with Crippen LogP contribution < -0.4 is 5.73 Å². The Kier molecular flexibility index (Phi) is 4.88. The van der Waals surface area contributed by atoms with E-state index in [0.717, 1.165) is 0 Å². The first-order chi connectivity index (χ1) is 4.70. The van der Waals surface area contributed by atoms with Crippen LogP contribution in [-0.2, 0) is 9.53 Å². The molecule has 0 aliphatic rings. The molecule has 0 fully saturated rings. The van der Waals surface area contributed by atoms with Gasteiger partial charge in [-0.05, 0) is 6.42 Å². The standard InChI is InChI=1S/C6H13NO3/c1-10-6(9)3-2-5(7)4-8/h5,8H,2-4,7H2,1H3/t5-/m0/s1. The first-order valence-electron chi connectivity index (χ1n) is 3.14. The van der Waals surface area contributed by atoms with Crippen LogP contribution in [0.5, 0.6) is 0 Å². The highest BCUT2D eigenvalue weighted by Crippen LogP contribution is 1.94. The van der Waals surface area contributed by atoms with Gasteiger partial charge in [-0.3, -0.25) is 4.79 Å². The van der Waals surface area contributed by atoms with E-state index >= 15 is 0 Å². The van der Waals surface area contributed by atoms with Gasteiger partial charge in [0.1, 0.15) is 0 Å². The molecule has 0 saturated carbocycles. The highest BCUT2D eigenvalue weighted by molar-refractivity contribution is 5.69. The largest absolute Gasteiger partial charge is 0.469 e. The van der Waals surface area contributed by atoms with Crippen molar-refractivity contribution in [1.29, 1.82) is 0 Å². The van der Waals surface area contributed by atoms with Crippen molar-refractivity contribution in [1.82, 2.24) is 0 Å². The van der Waals surface area contributed by atoms with Crippen molar-refractivity contribution in [2.24, 2.45) is 5.73 Å². The van der Waals surface area contributed by atoms with Crippen molar-refractivity contribution in [2.75, 3.05) is 13.7 Å². The molecule has 0 rings (SSSR count). The van der Waals surface area contributed by atoms with Gasteiger partial charge in [0.15, 0.2) is 0 Å². The van der Waals surface area contributed by atoms with E-state index < -0.39 is 0 Å². The molecule has 0 aromatic heterocycles. The summed E-state index contributed by atoms with van der Waals surface area (Å²) in [5.74, 6) is -0.288. The zero-order valence-corrected chi connectivity index (χ0v) is 6.04. The molecule has 60 valence electrons. The number of ether oxygens (including phenoxy) is 1. The van der Waals surface area contributed by atoms with E-state index in [-0.39, 0.29) is 25.0 Å². The summed E-state index contributed by atoms with van der Waals surface area (Å²) in [5, 5.41) is 8.44. The Hall–Kier alpha value is -0.610. The lowest BCUT2D eigenvalue weighted by molar-refractivity contribution is -0.140. The number of carbonyl (C=O) groups excluding carboxylic acids is 1. The Morgan fingerprint density at radius 1 is 1.80 bits per heavy atom. The van der Waals surface area contributed by atoms with E-state index in [1.54, 1.807) is 0 Å². The Bertz CT molecular complexity index is 105. The van der Waals surface area contributed by atoms with E-state index in [1.807, 2.05) is 0 Å². The Balaban J connectivity index is 3.26. The minimum Gasteiger partial charge on any atom is -0.469 e. The summed E-state index contributed by atoms with van der Waals surface area (Å²) in [7, 11) is 1.33. The van der Waals surface area contributed by atoms with E-state index in [4.69, 9.17) is 10.8 Å². The molecule has 10 heavy (non-hydrogen) atoms. The third-order valence-electron chi connectivity index (χ3n) is 1.18. The fourth-order valence-electron chi connectivity index (χ4n) is 0.497. The van der Waals surface area contributed by atoms with E-state index in [9.17, 15) is 4.79 Å². The van der Waals surface area contributed by atoms with Gasteiger partial charge in [0.2, 0.25) is 0 Å². The van der Waals surface area contributed by atoms with E-state index in [0.29, 0.717) is 6.42 Å². The molecular formula is C6H13NO3. The predicted molar refractivity (Wildman–Crippen MR) is 36.3 cm³/mol. The average molecular weight is 147 g/mol. The first kappa shape index (κ1) is 9.39. The molecule has 0 aromatic rings. The van der Waals surface area contributed by atoms with Crippen molar-refractivity contribution < 1.29 is 14.6 Å². The minimum atomic E-state index is -0.306. The molecule has 4 nitrogen and oxygen atoms in total. The summed E-state index contributed by atoms with van der Waals surface area (Å²) in [6.45, 7) is -0.0863. The summed E-state index contributed by atoms with van der Waals surface area (Å²) in [5.41, 5.74) is 5.32.